The SMILES string of the molecule is COc1ncnc(OC)c1C(=O)Nc1nc2c(s1)C1(CN1CCN(C)C)Oc1cc(C(F)(F)F)ccc1-2. The van der Waals surface area contributed by atoms with E-state index in [-0.39, 0.29) is 28.2 Å². The van der Waals surface area contributed by atoms with E-state index in [0.29, 0.717) is 29.2 Å². The van der Waals surface area contributed by atoms with Crippen LogP contribution in [0.3, 0.4) is 0 Å². The number of amides is 1. The summed E-state index contributed by atoms with van der Waals surface area (Å²) in [7, 11) is 6.60. The van der Waals surface area contributed by atoms with Gasteiger partial charge in [0.25, 0.3) is 5.91 Å². The summed E-state index contributed by atoms with van der Waals surface area (Å²) in [4.78, 5) is 30.4. The van der Waals surface area contributed by atoms with Crippen LogP contribution in [0.1, 0.15) is 20.8 Å². The lowest BCUT2D eigenvalue weighted by atomic mass is 10.0. The van der Waals surface area contributed by atoms with Crippen LogP contribution in [0.25, 0.3) is 11.3 Å². The van der Waals surface area contributed by atoms with E-state index in [2.05, 4.69) is 20.3 Å². The third-order valence-corrected chi connectivity index (χ3v) is 7.17. The van der Waals surface area contributed by atoms with Crippen LogP contribution in [0.5, 0.6) is 17.5 Å². The summed E-state index contributed by atoms with van der Waals surface area (Å²) in [6.07, 6.45) is -3.31. The molecule has 0 saturated carbocycles. The second-order valence-electron chi connectivity index (χ2n) is 8.74. The molecule has 3 aromatic rings. The molecule has 1 spiro atoms. The van der Waals surface area contributed by atoms with Crippen molar-refractivity contribution in [1.82, 2.24) is 24.8 Å². The molecule has 0 aliphatic carbocycles. The molecular formula is C23H23F3N6O4S. The fourth-order valence-corrected chi connectivity index (χ4v) is 5.28. The highest BCUT2D eigenvalue weighted by Gasteiger charge is 2.61. The minimum absolute atomic E-state index is 0.0131. The van der Waals surface area contributed by atoms with Gasteiger partial charge in [0.2, 0.25) is 17.5 Å². The molecule has 1 saturated heterocycles. The van der Waals surface area contributed by atoms with Crippen LogP contribution in [-0.4, -0.2) is 78.6 Å². The van der Waals surface area contributed by atoms with Crippen LogP contribution in [-0.2, 0) is 11.9 Å². The Labute approximate surface area is 214 Å². The van der Waals surface area contributed by atoms with Crippen LogP contribution in [0.15, 0.2) is 24.5 Å². The molecule has 1 amide bonds. The van der Waals surface area contributed by atoms with Gasteiger partial charge in [-0.2, -0.15) is 13.2 Å². The van der Waals surface area contributed by atoms with E-state index in [9.17, 15) is 18.0 Å². The number of carbonyl (C=O) groups is 1. The lowest BCUT2D eigenvalue weighted by Gasteiger charge is -2.27. The maximum Gasteiger partial charge on any atom is 0.416 e. The van der Waals surface area contributed by atoms with E-state index in [1.807, 2.05) is 23.9 Å². The predicted octanol–water partition coefficient (Wildman–Crippen LogP) is 3.31. The number of hydrogen-bond acceptors (Lipinski definition) is 10. The van der Waals surface area contributed by atoms with Crippen molar-refractivity contribution in [3.8, 4) is 28.8 Å². The number of alkyl halides is 3. The number of thiazole rings is 1. The second kappa shape index (κ2) is 9.11. The third kappa shape index (κ3) is 4.45. The van der Waals surface area contributed by atoms with Gasteiger partial charge in [0.1, 0.15) is 12.1 Å². The summed E-state index contributed by atoms with van der Waals surface area (Å²) < 4.78 is 56.8. The number of likely N-dealkylation sites (N-methyl/N-ethyl adjacent to an activating group) is 1. The maximum atomic E-state index is 13.4. The molecule has 0 bridgehead atoms. The number of nitrogens with zero attached hydrogens (tertiary/aromatic N) is 5. The van der Waals surface area contributed by atoms with Gasteiger partial charge < -0.3 is 19.1 Å². The van der Waals surface area contributed by atoms with Crippen molar-refractivity contribution in [2.24, 2.45) is 0 Å². The van der Waals surface area contributed by atoms with Gasteiger partial charge >= 0.3 is 6.18 Å². The first-order chi connectivity index (χ1) is 17.6. The first-order valence-corrected chi connectivity index (χ1v) is 11.9. The molecular weight excluding hydrogens is 513 g/mol. The number of anilines is 1. The van der Waals surface area contributed by atoms with E-state index in [1.165, 1.54) is 38.0 Å². The second-order valence-corrected chi connectivity index (χ2v) is 9.74. The van der Waals surface area contributed by atoms with Gasteiger partial charge in [-0.05, 0) is 32.3 Å². The van der Waals surface area contributed by atoms with Crippen LogP contribution in [0.2, 0.25) is 0 Å². The van der Waals surface area contributed by atoms with Gasteiger partial charge in [-0.3, -0.25) is 15.0 Å². The van der Waals surface area contributed by atoms with Gasteiger partial charge in [0.15, 0.2) is 10.7 Å². The van der Waals surface area contributed by atoms with Crippen LogP contribution >= 0.6 is 11.3 Å². The van der Waals surface area contributed by atoms with Gasteiger partial charge in [-0.1, -0.05) is 11.3 Å². The number of halogens is 3. The number of ether oxygens (including phenoxy) is 3. The fourth-order valence-electron chi connectivity index (χ4n) is 4.16. The van der Waals surface area contributed by atoms with E-state index < -0.39 is 23.4 Å². The smallest absolute Gasteiger partial charge is 0.416 e. The van der Waals surface area contributed by atoms with Crippen LogP contribution < -0.4 is 19.5 Å². The number of aromatic nitrogens is 3. The largest absolute Gasteiger partial charge is 0.480 e. The third-order valence-electron chi connectivity index (χ3n) is 6.07. The minimum atomic E-state index is -4.52. The summed E-state index contributed by atoms with van der Waals surface area (Å²) in [6.45, 7) is 1.84. The molecule has 14 heteroatoms. The molecule has 2 atom stereocenters. The van der Waals surface area contributed by atoms with E-state index >= 15 is 0 Å². The van der Waals surface area contributed by atoms with Crippen molar-refractivity contribution in [1.29, 1.82) is 0 Å². The predicted molar refractivity (Wildman–Crippen MR) is 128 cm³/mol. The first kappa shape index (κ1) is 25.2. The number of fused-ring (bicyclic) bond motifs is 4. The fraction of sp³-hybridized carbons (Fsp3) is 0.391. The number of hydrogen-bond donors (Lipinski definition) is 1. The molecule has 2 aliphatic rings. The van der Waals surface area contributed by atoms with Crippen LogP contribution in [0.4, 0.5) is 18.3 Å². The van der Waals surface area contributed by atoms with Crippen molar-refractivity contribution >= 4 is 22.4 Å². The van der Waals surface area contributed by atoms with Crippen molar-refractivity contribution in [2.45, 2.75) is 11.9 Å². The first-order valence-electron chi connectivity index (χ1n) is 11.1. The molecule has 1 aromatic carbocycles. The number of rotatable bonds is 7. The Hall–Kier alpha value is -3.49. The van der Waals surface area contributed by atoms with Crippen molar-refractivity contribution in [3.05, 3.63) is 40.5 Å². The molecule has 5 rings (SSSR count). The summed E-state index contributed by atoms with van der Waals surface area (Å²) in [5.41, 5.74) is -0.888. The Morgan fingerprint density at radius 1 is 1.24 bits per heavy atom. The Morgan fingerprint density at radius 2 is 1.95 bits per heavy atom. The van der Waals surface area contributed by atoms with Crippen molar-refractivity contribution < 1.29 is 32.2 Å². The summed E-state index contributed by atoms with van der Waals surface area (Å²) in [6, 6.07) is 3.34. The lowest BCUT2D eigenvalue weighted by Crippen LogP contribution is -2.30. The maximum absolute atomic E-state index is 13.4. The lowest BCUT2D eigenvalue weighted by molar-refractivity contribution is -0.137. The molecule has 4 heterocycles. The molecule has 2 unspecified atom stereocenters. The Bertz CT molecular complexity index is 1340. The summed E-state index contributed by atoms with van der Waals surface area (Å²) in [5, 5.41) is 2.96. The monoisotopic (exact) mass is 536 g/mol. The van der Waals surface area contributed by atoms with Gasteiger partial charge in [0, 0.05) is 18.7 Å². The Morgan fingerprint density at radius 3 is 2.57 bits per heavy atom. The number of nitrogens with one attached hydrogen (secondary N) is 1. The number of carbonyl (C=O) groups excluding carboxylic acids is 1. The number of benzene rings is 1. The van der Waals surface area contributed by atoms with Gasteiger partial charge in [0.05, 0.1) is 36.9 Å². The molecule has 2 aliphatic heterocycles. The summed E-state index contributed by atoms with van der Waals surface area (Å²) in [5.74, 6) is -0.471. The normalized spacial score (nSPS) is 19.7. The molecule has 1 fully saturated rings. The van der Waals surface area contributed by atoms with E-state index in [4.69, 9.17) is 14.2 Å². The highest BCUT2D eigenvalue weighted by Crippen LogP contribution is 2.56. The average Bonchev–Trinajstić information content (AvgIpc) is 3.36. The molecule has 1 N–H and O–H groups in total. The molecule has 2 aromatic heterocycles. The molecule has 196 valence electrons. The Kier molecular flexibility index (Phi) is 6.20. The zero-order valence-corrected chi connectivity index (χ0v) is 21.2. The molecule has 0 radical (unpaired) electrons. The van der Waals surface area contributed by atoms with Crippen LogP contribution in [0, 0.1) is 0 Å². The standard InChI is InChI=1S/C23H23F3N6O4S/c1-31(2)7-8-32-10-22(32)17-16(13-6-5-12(23(24,25)26)9-14(13)36-22)29-21(37-17)30-18(33)15-19(34-3)27-11-28-20(15)35-4/h5-6,9,11H,7-8,10H2,1-4H3,(H,29,30,33). The minimum Gasteiger partial charge on any atom is -0.480 e. The van der Waals surface area contributed by atoms with Gasteiger partial charge in [-0.15, -0.1) is 0 Å². The van der Waals surface area contributed by atoms with Crippen molar-refractivity contribution in [2.75, 3.05) is 53.3 Å². The van der Waals surface area contributed by atoms with E-state index in [0.717, 1.165) is 18.7 Å². The molecule has 10 nitrogen and oxygen atoms in total. The highest BCUT2D eigenvalue weighted by molar-refractivity contribution is 7.16. The Balaban J connectivity index is 1.53. The zero-order chi connectivity index (χ0) is 26.5. The topological polar surface area (TPSA) is 102 Å². The van der Waals surface area contributed by atoms with E-state index in [1.54, 1.807) is 0 Å². The highest BCUT2D eigenvalue weighted by atomic mass is 32.1. The zero-order valence-electron chi connectivity index (χ0n) is 20.3. The summed E-state index contributed by atoms with van der Waals surface area (Å²) >= 11 is 1.20. The van der Waals surface area contributed by atoms with Gasteiger partial charge in [-0.25, -0.2) is 15.0 Å². The average molecular weight is 537 g/mol. The van der Waals surface area contributed by atoms with Crippen molar-refractivity contribution in [3.63, 3.8) is 0 Å². The molecule has 37 heavy (non-hydrogen) atoms. The quantitative estimate of drug-likeness (QED) is 0.456. The number of methoxy groups -OCH3 is 2.